The molecule has 6 nitrogen and oxygen atoms in total. The first-order valence-electron chi connectivity index (χ1n) is 8.40. The zero-order chi connectivity index (χ0) is 19.9. The molecule has 7 heteroatoms. The van der Waals surface area contributed by atoms with Crippen molar-refractivity contribution in [2.24, 2.45) is 0 Å². The van der Waals surface area contributed by atoms with E-state index in [1.807, 2.05) is 0 Å². The number of carbonyl (C=O) groups is 2. The molecule has 1 heterocycles. The van der Waals surface area contributed by atoms with Gasteiger partial charge in [0, 0.05) is 24.4 Å². The first-order chi connectivity index (χ1) is 13.5. The molecule has 28 heavy (non-hydrogen) atoms. The van der Waals surface area contributed by atoms with Crippen LogP contribution >= 0.6 is 0 Å². The molecule has 1 amide bonds. The minimum absolute atomic E-state index is 0.275. The second-order valence-electron chi connectivity index (χ2n) is 5.81. The summed E-state index contributed by atoms with van der Waals surface area (Å²) in [6, 6.07) is 15.2. The van der Waals surface area contributed by atoms with E-state index < -0.39 is 5.97 Å². The van der Waals surface area contributed by atoms with Crippen LogP contribution in [0.15, 0.2) is 66.9 Å². The van der Waals surface area contributed by atoms with Gasteiger partial charge in [0.15, 0.2) is 0 Å². The van der Waals surface area contributed by atoms with Crippen molar-refractivity contribution in [3.63, 3.8) is 0 Å². The van der Waals surface area contributed by atoms with Crippen LogP contribution in [0.25, 0.3) is 0 Å². The van der Waals surface area contributed by atoms with Gasteiger partial charge in [0.1, 0.15) is 11.6 Å². The molecule has 0 saturated carbocycles. The van der Waals surface area contributed by atoms with E-state index in [1.54, 1.807) is 30.5 Å². The molecule has 0 unspecified atom stereocenters. The quantitative estimate of drug-likeness (QED) is 0.660. The first kappa shape index (κ1) is 19.0. The third-order valence-electron chi connectivity index (χ3n) is 3.85. The van der Waals surface area contributed by atoms with Crippen LogP contribution in [0, 0.1) is 5.82 Å². The number of carbonyl (C=O) groups excluding carboxylic acids is 2. The third-order valence-corrected chi connectivity index (χ3v) is 3.85. The Balaban J connectivity index is 1.54. The summed E-state index contributed by atoms with van der Waals surface area (Å²) in [6.07, 6.45) is 1.58. The number of aromatic nitrogens is 1. The number of benzene rings is 2. The van der Waals surface area contributed by atoms with E-state index in [0.717, 1.165) is 5.56 Å². The highest BCUT2D eigenvalue weighted by Crippen LogP contribution is 2.19. The van der Waals surface area contributed by atoms with Gasteiger partial charge in [-0.05, 0) is 54.1 Å². The average molecular weight is 380 g/mol. The predicted molar refractivity (Wildman–Crippen MR) is 99.7 cm³/mol. The number of halogens is 1. The fraction of sp³-hybridized carbons (Fsp3) is 0.0952. The number of amides is 1. The van der Waals surface area contributed by atoms with E-state index in [2.05, 4.69) is 15.0 Å². The molecule has 0 bridgehead atoms. The Morgan fingerprint density at radius 3 is 2.25 bits per heavy atom. The highest BCUT2D eigenvalue weighted by atomic mass is 19.1. The van der Waals surface area contributed by atoms with Gasteiger partial charge >= 0.3 is 5.97 Å². The minimum atomic E-state index is -0.457. The van der Waals surface area contributed by atoms with Gasteiger partial charge < -0.3 is 14.8 Å². The van der Waals surface area contributed by atoms with Gasteiger partial charge in [-0.2, -0.15) is 0 Å². The molecular weight excluding hydrogens is 363 g/mol. The zero-order valence-electron chi connectivity index (χ0n) is 15.0. The maximum atomic E-state index is 12.9. The standard InChI is InChI=1S/C21H17FN2O4/c1-27-21(26)16-5-3-15(4-6-16)20(25)24-13-14-2-11-19(23-12-14)28-18-9-7-17(22)8-10-18/h2-12H,13H2,1H3,(H,24,25). The van der Waals surface area contributed by atoms with Gasteiger partial charge in [0.2, 0.25) is 5.88 Å². The van der Waals surface area contributed by atoms with Gasteiger partial charge in [-0.1, -0.05) is 6.07 Å². The van der Waals surface area contributed by atoms with Crippen molar-refractivity contribution in [2.75, 3.05) is 7.11 Å². The van der Waals surface area contributed by atoms with Crippen molar-refractivity contribution in [3.8, 4) is 11.6 Å². The van der Waals surface area contributed by atoms with Crippen molar-refractivity contribution in [3.05, 3.63) is 89.4 Å². The molecular formula is C21H17FN2O4. The average Bonchev–Trinajstić information content (AvgIpc) is 2.74. The van der Waals surface area contributed by atoms with Crippen LogP contribution in [0.3, 0.4) is 0 Å². The Kier molecular flexibility index (Phi) is 5.96. The molecule has 0 aliphatic heterocycles. The lowest BCUT2D eigenvalue weighted by atomic mass is 10.1. The van der Waals surface area contributed by atoms with Crippen LogP contribution in [0.1, 0.15) is 26.3 Å². The molecule has 3 rings (SSSR count). The molecule has 0 aliphatic carbocycles. The van der Waals surface area contributed by atoms with Crippen molar-refractivity contribution in [1.29, 1.82) is 0 Å². The summed E-state index contributed by atoms with van der Waals surface area (Å²) in [5.74, 6) is -0.235. The predicted octanol–water partition coefficient (Wildman–Crippen LogP) is 3.73. The number of nitrogens with zero attached hydrogens (tertiary/aromatic N) is 1. The van der Waals surface area contributed by atoms with E-state index in [4.69, 9.17) is 4.74 Å². The fourth-order valence-electron chi connectivity index (χ4n) is 2.36. The second kappa shape index (κ2) is 8.77. The van der Waals surface area contributed by atoms with Crippen LogP contribution in [-0.4, -0.2) is 24.0 Å². The Bertz CT molecular complexity index is 955. The number of nitrogens with one attached hydrogen (secondary N) is 1. The van der Waals surface area contributed by atoms with Crippen molar-refractivity contribution in [1.82, 2.24) is 10.3 Å². The molecule has 0 spiro atoms. The highest BCUT2D eigenvalue weighted by molar-refractivity contribution is 5.96. The van der Waals surface area contributed by atoms with Gasteiger partial charge in [0.05, 0.1) is 12.7 Å². The molecule has 0 fully saturated rings. The Morgan fingerprint density at radius 2 is 1.64 bits per heavy atom. The molecule has 0 atom stereocenters. The van der Waals surface area contributed by atoms with Crippen LogP contribution < -0.4 is 10.1 Å². The molecule has 0 radical (unpaired) electrons. The molecule has 0 saturated heterocycles. The van der Waals surface area contributed by atoms with Crippen molar-refractivity contribution < 1.29 is 23.5 Å². The Morgan fingerprint density at radius 1 is 0.964 bits per heavy atom. The van der Waals surface area contributed by atoms with Crippen molar-refractivity contribution >= 4 is 11.9 Å². The second-order valence-corrected chi connectivity index (χ2v) is 5.81. The van der Waals surface area contributed by atoms with E-state index >= 15 is 0 Å². The number of pyridine rings is 1. The summed E-state index contributed by atoms with van der Waals surface area (Å²) < 4.78 is 23.0. The van der Waals surface area contributed by atoms with Crippen LogP contribution in [0.4, 0.5) is 4.39 Å². The van der Waals surface area contributed by atoms with Gasteiger partial charge in [-0.15, -0.1) is 0 Å². The van der Waals surface area contributed by atoms with Crippen LogP contribution in [0.5, 0.6) is 11.6 Å². The monoisotopic (exact) mass is 380 g/mol. The summed E-state index contributed by atoms with van der Waals surface area (Å²) in [7, 11) is 1.30. The van der Waals surface area contributed by atoms with Gasteiger partial charge in [0.25, 0.3) is 5.91 Å². The zero-order valence-corrected chi connectivity index (χ0v) is 15.0. The van der Waals surface area contributed by atoms with Crippen LogP contribution in [-0.2, 0) is 11.3 Å². The van der Waals surface area contributed by atoms with E-state index in [1.165, 1.54) is 43.5 Å². The fourth-order valence-corrected chi connectivity index (χ4v) is 2.36. The Hall–Kier alpha value is -3.74. The van der Waals surface area contributed by atoms with Crippen molar-refractivity contribution in [2.45, 2.75) is 6.54 Å². The number of hydrogen-bond acceptors (Lipinski definition) is 5. The largest absolute Gasteiger partial charge is 0.465 e. The lowest BCUT2D eigenvalue weighted by Crippen LogP contribution is -2.22. The topological polar surface area (TPSA) is 77.5 Å². The number of ether oxygens (including phenoxy) is 2. The molecule has 0 aliphatic rings. The van der Waals surface area contributed by atoms with E-state index in [-0.39, 0.29) is 18.3 Å². The Labute approximate surface area is 160 Å². The summed E-state index contributed by atoms with van der Waals surface area (Å²) in [4.78, 5) is 27.8. The lowest BCUT2D eigenvalue weighted by molar-refractivity contribution is 0.0600. The van der Waals surface area contributed by atoms with E-state index in [9.17, 15) is 14.0 Å². The summed E-state index contributed by atoms with van der Waals surface area (Å²) in [6.45, 7) is 0.279. The number of rotatable bonds is 6. The SMILES string of the molecule is COC(=O)c1ccc(C(=O)NCc2ccc(Oc3ccc(F)cc3)nc2)cc1. The molecule has 142 valence electrons. The molecule has 1 N–H and O–H groups in total. The van der Waals surface area contributed by atoms with Gasteiger partial charge in [-0.3, -0.25) is 4.79 Å². The highest BCUT2D eigenvalue weighted by Gasteiger charge is 2.09. The third kappa shape index (κ3) is 4.91. The summed E-state index contributed by atoms with van der Waals surface area (Å²) in [5, 5.41) is 2.78. The smallest absolute Gasteiger partial charge is 0.337 e. The molecule has 3 aromatic rings. The first-order valence-corrected chi connectivity index (χ1v) is 8.40. The minimum Gasteiger partial charge on any atom is -0.465 e. The number of methoxy groups -OCH3 is 1. The number of hydrogen-bond donors (Lipinski definition) is 1. The number of esters is 1. The lowest BCUT2D eigenvalue weighted by Gasteiger charge is -2.08. The molecule has 1 aromatic heterocycles. The maximum Gasteiger partial charge on any atom is 0.337 e. The molecule has 2 aromatic carbocycles. The van der Waals surface area contributed by atoms with Gasteiger partial charge in [-0.25, -0.2) is 14.2 Å². The van der Waals surface area contributed by atoms with Crippen LogP contribution in [0.2, 0.25) is 0 Å². The maximum absolute atomic E-state index is 12.9. The normalized spacial score (nSPS) is 10.2. The summed E-state index contributed by atoms with van der Waals surface area (Å²) in [5.41, 5.74) is 1.59. The van der Waals surface area contributed by atoms with E-state index in [0.29, 0.717) is 22.8 Å². The summed E-state index contributed by atoms with van der Waals surface area (Å²) >= 11 is 0.